The number of amidine groups is 1. The Balaban J connectivity index is 2.73. The molecular formula is C12H18N2O3. The first-order valence-electron chi connectivity index (χ1n) is 5.47. The van der Waals surface area contributed by atoms with Gasteiger partial charge < -0.3 is 20.4 Å². The zero-order valence-electron chi connectivity index (χ0n) is 10.1. The lowest BCUT2D eigenvalue weighted by atomic mass is 10.2. The highest BCUT2D eigenvalue weighted by molar-refractivity contribution is 5.80. The standard InChI is InChI=1S/C12H18N2O3/c1-3-9(8-12(13)14-15)17-11-7-5-4-6-10(11)16-2/h4-7,9,15H,3,8H2,1-2H3,(H2,13,14). The van der Waals surface area contributed by atoms with Gasteiger partial charge in [0.25, 0.3) is 0 Å². The predicted molar refractivity (Wildman–Crippen MR) is 65.7 cm³/mol. The molecule has 94 valence electrons. The summed E-state index contributed by atoms with van der Waals surface area (Å²) in [5, 5.41) is 11.5. The fourth-order valence-corrected chi connectivity index (χ4v) is 1.44. The third-order valence-corrected chi connectivity index (χ3v) is 2.38. The number of rotatable bonds is 6. The van der Waals surface area contributed by atoms with E-state index in [0.29, 0.717) is 17.9 Å². The molecule has 0 saturated heterocycles. The number of nitrogens with zero attached hydrogens (tertiary/aromatic N) is 1. The number of benzene rings is 1. The second kappa shape index (κ2) is 6.62. The molecule has 1 atom stereocenters. The SMILES string of the molecule is CCC(C/C(N)=N/O)Oc1ccccc1OC. The van der Waals surface area contributed by atoms with Gasteiger partial charge in [-0.05, 0) is 18.6 Å². The summed E-state index contributed by atoms with van der Waals surface area (Å²) in [6, 6.07) is 7.39. The molecule has 0 aliphatic rings. The van der Waals surface area contributed by atoms with Crippen LogP contribution >= 0.6 is 0 Å². The van der Waals surface area contributed by atoms with Gasteiger partial charge in [0.05, 0.1) is 7.11 Å². The molecule has 1 unspecified atom stereocenters. The lowest BCUT2D eigenvalue weighted by Crippen LogP contribution is -2.24. The van der Waals surface area contributed by atoms with Gasteiger partial charge in [0, 0.05) is 6.42 Å². The number of ether oxygens (including phenoxy) is 2. The largest absolute Gasteiger partial charge is 0.493 e. The number of methoxy groups -OCH3 is 1. The van der Waals surface area contributed by atoms with E-state index < -0.39 is 0 Å². The van der Waals surface area contributed by atoms with Gasteiger partial charge in [-0.15, -0.1) is 0 Å². The molecule has 0 aliphatic carbocycles. The molecule has 0 fully saturated rings. The van der Waals surface area contributed by atoms with E-state index in [4.69, 9.17) is 20.4 Å². The molecule has 3 N–H and O–H groups in total. The summed E-state index contributed by atoms with van der Waals surface area (Å²) in [6.07, 6.45) is 1.00. The molecule has 17 heavy (non-hydrogen) atoms. The van der Waals surface area contributed by atoms with Crippen molar-refractivity contribution in [1.29, 1.82) is 0 Å². The lowest BCUT2D eigenvalue weighted by Gasteiger charge is -2.18. The highest BCUT2D eigenvalue weighted by atomic mass is 16.5. The quantitative estimate of drug-likeness (QED) is 0.344. The van der Waals surface area contributed by atoms with E-state index in [1.807, 2.05) is 31.2 Å². The highest BCUT2D eigenvalue weighted by Gasteiger charge is 2.13. The zero-order chi connectivity index (χ0) is 12.7. The van der Waals surface area contributed by atoms with Crippen molar-refractivity contribution in [3.63, 3.8) is 0 Å². The Morgan fingerprint density at radius 2 is 2.06 bits per heavy atom. The molecule has 0 amide bonds. The molecule has 5 nitrogen and oxygen atoms in total. The summed E-state index contributed by atoms with van der Waals surface area (Å²) in [5.74, 6) is 1.49. The molecule has 0 aromatic heterocycles. The number of nitrogens with two attached hydrogens (primary N) is 1. The summed E-state index contributed by atoms with van der Waals surface area (Å²) < 4.78 is 10.9. The Bertz CT molecular complexity index is 380. The van der Waals surface area contributed by atoms with Gasteiger partial charge >= 0.3 is 0 Å². The van der Waals surface area contributed by atoms with Crippen molar-refractivity contribution in [1.82, 2.24) is 0 Å². The average molecular weight is 238 g/mol. The topological polar surface area (TPSA) is 77.1 Å². The fourth-order valence-electron chi connectivity index (χ4n) is 1.44. The smallest absolute Gasteiger partial charge is 0.161 e. The van der Waals surface area contributed by atoms with Crippen LogP contribution in [0.2, 0.25) is 0 Å². The summed E-state index contributed by atoms with van der Waals surface area (Å²) in [6.45, 7) is 1.98. The average Bonchev–Trinajstić information content (AvgIpc) is 2.38. The van der Waals surface area contributed by atoms with E-state index in [0.717, 1.165) is 6.42 Å². The minimum Gasteiger partial charge on any atom is -0.493 e. The van der Waals surface area contributed by atoms with Crippen molar-refractivity contribution in [2.75, 3.05) is 7.11 Å². The molecule has 5 heteroatoms. The Labute approximate surface area is 101 Å². The van der Waals surface area contributed by atoms with Gasteiger partial charge in [0.15, 0.2) is 11.5 Å². The van der Waals surface area contributed by atoms with Crippen molar-refractivity contribution < 1.29 is 14.7 Å². The maximum atomic E-state index is 8.53. The molecule has 0 heterocycles. The van der Waals surface area contributed by atoms with Crippen LogP contribution in [0.1, 0.15) is 19.8 Å². The van der Waals surface area contributed by atoms with Gasteiger partial charge in [-0.25, -0.2) is 0 Å². The van der Waals surface area contributed by atoms with Gasteiger partial charge in [-0.1, -0.05) is 24.2 Å². The van der Waals surface area contributed by atoms with Crippen molar-refractivity contribution in [3.8, 4) is 11.5 Å². The summed E-state index contributed by atoms with van der Waals surface area (Å²) >= 11 is 0. The molecule has 1 aromatic rings. The second-order valence-electron chi connectivity index (χ2n) is 3.59. The molecule has 0 spiro atoms. The van der Waals surface area contributed by atoms with Crippen molar-refractivity contribution in [2.45, 2.75) is 25.9 Å². The fraction of sp³-hybridized carbons (Fsp3) is 0.417. The third kappa shape index (κ3) is 3.86. The monoisotopic (exact) mass is 238 g/mol. The number of para-hydroxylation sites is 2. The van der Waals surface area contributed by atoms with Crippen LogP contribution in [0.25, 0.3) is 0 Å². The Kier molecular flexibility index (Phi) is 5.13. The first kappa shape index (κ1) is 13.2. The van der Waals surface area contributed by atoms with Crippen molar-refractivity contribution in [3.05, 3.63) is 24.3 Å². The van der Waals surface area contributed by atoms with Crippen molar-refractivity contribution >= 4 is 5.84 Å². The van der Waals surface area contributed by atoms with Crippen LogP contribution in [-0.4, -0.2) is 24.3 Å². The van der Waals surface area contributed by atoms with Crippen LogP contribution in [0.15, 0.2) is 29.4 Å². The van der Waals surface area contributed by atoms with Gasteiger partial charge in [0.1, 0.15) is 11.9 Å². The zero-order valence-corrected chi connectivity index (χ0v) is 10.1. The molecule has 0 aliphatic heterocycles. The first-order valence-corrected chi connectivity index (χ1v) is 5.47. The van der Waals surface area contributed by atoms with Crippen molar-refractivity contribution in [2.24, 2.45) is 10.9 Å². The van der Waals surface area contributed by atoms with Crippen LogP contribution in [0.4, 0.5) is 0 Å². The maximum absolute atomic E-state index is 8.53. The Hall–Kier alpha value is -1.91. The van der Waals surface area contributed by atoms with E-state index in [1.165, 1.54) is 0 Å². The normalized spacial score (nSPS) is 13.2. The Morgan fingerprint density at radius 1 is 1.41 bits per heavy atom. The van der Waals surface area contributed by atoms with Crippen LogP contribution in [0.3, 0.4) is 0 Å². The number of hydrogen-bond donors (Lipinski definition) is 2. The van der Waals surface area contributed by atoms with Gasteiger partial charge in [-0.2, -0.15) is 0 Å². The number of oxime groups is 1. The van der Waals surface area contributed by atoms with Crippen LogP contribution in [-0.2, 0) is 0 Å². The lowest BCUT2D eigenvalue weighted by molar-refractivity contribution is 0.194. The molecule has 1 rings (SSSR count). The molecule has 0 radical (unpaired) electrons. The molecule has 0 saturated carbocycles. The molecule has 1 aromatic carbocycles. The first-order chi connectivity index (χ1) is 8.21. The third-order valence-electron chi connectivity index (χ3n) is 2.38. The van der Waals surface area contributed by atoms with E-state index in [1.54, 1.807) is 7.11 Å². The highest BCUT2D eigenvalue weighted by Crippen LogP contribution is 2.27. The summed E-state index contributed by atoms with van der Waals surface area (Å²) in [4.78, 5) is 0. The summed E-state index contributed by atoms with van der Waals surface area (Å²) in [7, 11) is 1.59. The van der Waals surface area contributed by atoms with Gasteiger partial charge in [-0.3, -0.25) is 0 Å². The molecule has 0 bridgehead atoms. The predicted octanol–water partition coefficient (Wildman–Crippen LogP) is 1.99. The maximum Gasteiger partial charge on any atom is 0.161 e. The van der Waals surface area contributed by atoms with E-state index >= 15 is 0 Å². The number of hydrogen-bond acceptors (Lipinski definition) is 4. The minimum absolute atomic E-state index is 0.137. The molecular weight excluding hydrogens is 220 g/mol. The van der Waals surface area contributed by atoms with E-state index in [9.17, 15) is 0 Å². The van der Waals surface area contributed by atoms with E-state index in [-0.39, 0.29) is 11.9 Å². The van der Waals surface area contributed by atoms with Crippen LogP contribution < -0.4 is 15.2 Å². The van der Waals surface area contributed by atoms with Crippen LogP contribution in [0, 0.1) is 0 Å². The Morgan fingerprint density at radius 3 is 2.59 bits per heavy atom. The minimum atomic E-state index is -0.137. The van der Waals surface area contributed by atoms with Crippen LogP contribution in [0.5, 0.6) is 11.5 Å². The van der Waals surface area contributed by atoms with Gasteiger partial charge in [0.2, 0.25) is 0 Å². The van der Waals surface area contributed by atoms with E-state index in [2.05, 4.69) is 5.16 Å². The second-order valence-corrected chi connectivity index (χ2v) is 3.59. The summed E-state index contributed by atoms with van der Waals surface area (Å²) in [5.41, 5.74) is 5.46.